The smallest absolute Gasteiger partial charge is 0.274 e. The van der Waals surface area contributed by atoms with Crippen molar-refractivity contribution >= 4 is 23.9 Å². The lowest BCUT2D eigenvalue weighted by molar-refractivity contribution is 0.540. The van der Waals surface area contributed by atoms with E-state index in [1.54, 1.807) is 23.2 Å². The van der Waals surface area contributed by atoms with Gasteiger partial charge in [-0.15, -0.1) is 11.8 Å². The second-order valence-corrected chi connectivity index (χ2v) is 3.37. The van der Waals surface area contributed by atoms with Crippen molar-refractivity contribution in [2.75, 3.05) is 10.9 Å². The summed E-state index contributed by atoms with van der Waals surface area (Å²) < 4.78 is 0. The number of hydrogen-bond acceptors (Lipinski definition) is 3. The third kappa shape index (κ3) is 1.14. The first-order valence-corrected chi connectivity index (χ1v) is 4.52. The van der Waals surface area contributed by atoms with Gasteiger partial charge in [0.05, 0.1) is 11.6 Å². The average Bonchev–Trinajstić information content (AvgIpc) is 2.50. The molecule has 1 aromatic carbocycles. The monoisotopic (exact) mass is 179 g/mol. The van der Waals surface area contributed by atoms with Gasteiger partial charge in [-0.3, -0.25) is 15.2 Å². The number of para-hydroxylation sites is 1. The Balaban J connectivity index is 2.29. The molecular formula is C8H7N2OS. The van der Waals surface area contributed by atoms with E-state index < -0.39 is 0 Å². The number of amides is 1. The minimum atomic E-state index is 0.759. The van der Waals surface area contributed by atoms with E-state index in [4.69, 9.17) is 0 Å². The maximum Gasteiger partial charge on any atom is 0.329 e. The molecule has 0 saturated carbocycles. The molecule has 1 heterocycles. The summed E-state index contributed by atoms with van der Waals surface area (Å²) in [7, 11) is 0. The average molecular weight is 179 g/mol. The summed E-state index contributed by atoms with van der Waals surface area (Å²) in [6.45, 7) is 0. The number of carbonyl (C=O) groups excluding carboxylic acids is 1. The Bertz CT molecular complexity index is 303. The molecular weight excluding hydrogens is 172 g/mol. The first-order valence-electron chi connectivity index (χ1n) is 3.54. The maximum absolute atomic E-state index is 10.1. The van der Waals surface area contributed by atoms with Crippen LogP contribution in [0.5, 0.6) is 0 Å². The molecule has 1 aliphatic rings. The first kappa shape index (κ1) is 7.49. The molecule has 4 heteroatoms. The summed E-state index contributed by atoms with van der Waals surface area (Å²) in [6, 6.07) is 7.94. The zero-order valence-corrected chi connectivity index (χ0v) is 7.10. The Morgan fingerprint density at radius 2 is 2.33 bits per heavy atom. The van der Waals surface area contributed by atoms with E-state index in [1.165, 1.54) is 4.90 Å². The van der Waals surface area contributed by atoms with E-state index in [0.29, 0.717) is 0 Å². The number of thioether (sulfide) groups is 1. The van der Waals surface area contributed by atoms with E-state index >= 15 is 0 Å². The summed E-state index contributed by atoms with van der Waals surface area (Å²) >= 11 is 1.70. The molecule has 0 bridgehead atoms. The van der Waals surface area contributed by atoms with Crippen LogP contribution in [-0.2, 0) is 4.79 Å². The van der Waals surface area contributed by atoms with Gasteiger partial charge in [0.2, 0.25) is 0 Å². The van der Waals surface area contributed by atoms with Gasteiger partial charge in [0.15, 0.2) is 0 Å². The molecule has 0 aromatic heterocycles. The number of benzene rings is 1. The number of hydrazine groups is 1. The van der Waals surface area contributed by atoms with Crippen LogP contribution in [0.25, 0.3) is 0 Å². The molecule has 12 heavy (non-hydrogen) atoms. The Kier molecular flexibility index (Phi) is 1.91. The highest BCUT2D eigenvalue weighted by Gasteiger charge is 2.17. The Labute approximate surface area is 74.7 Å². The van der Waals surface area contributed by atoms with Crippen LogP contribution < -0.4 is 10.4 Å². The van der Waals surface area contributed by atoms with Gasteiger partial charge in [-0.2, -0.15) is 0 Å². The maximum atomic E-state index is 10.1. The molecule has 1 aliphatic heterocycles. The van der Waals surface area contributed by atoms with Crippen LogP contribution in [0.3, 0.4) is 0 Å². The van der Waals surface area contributed by atoms with E-state index in [2.05, 4.69) is 5.43 Å². The largest absolute Gasteiger partial charge is 0.329 e. The van der Waals surface area contributed by atoms with Crippen molar-refractivity contribution in [3.05, 3.63) is 24.3 Å². The van der Waals surface area contributed by atoms with E-state index in [-0.39, 0.29) is 0 Å². The lowest BCUT2D eigenvalue weighted by Gasteiger charge is -2.14. The molecule has 1 N–H and O–H groups in total. The third-order valence-corrected chi connectivity index (χ3v) is 2.73. The number of rotatable bonds is 2. The minimum absolute atomic E-state index is 0.759. The second-order valence-electron chi connectivity index (χ2n) is 2.38. The number of anilines is 1. The fourth-order valence-electron chi connectivity index (χ4n) is 1.15. The topological polar surface area (TPSA) is 32.3 Å². The summed E-state index contributed by atoms with van der Waals surface area (Å²) in [5, 5.41) is 1.77. The SMILES string of the molecule is O=[C]NN1CSc2ccccc21. The highest BCUT2D eigenvalue weighted by molar-refractivity contribution is 7.99. The zero-order valence-electron chi connectivity index (χ0n) is 6.28. The molecule has 0 unspecified atom stereocenters. The molecule has 0 atom stereocenters. The van der Waals surface area contributed by atoms with Crippen LogP contribution >= 0.6 is 11.8 Å². The quantitative estimate of drug-likeness (QED) is 0.691. The predicted octanol–water partition coefficient (Wildman–Crippen LogP) is 1.13. The van der Waals surface area contributed by atoms with Gasteiger partial charge in [0.25, 0.3) is 0 Å². The van der Waals surface area contributed by atoms with Crippen LogP contribution in [0, 0.1) is 0 Å². The molecule has 0 aliphatic carbocycles. The number of fused-ring (bicyclic) bond motifs is 1. The van der Waals surface area contributed by atoms with Crippen LogP contribution in [0.4, 0.5) is 5.69 Å². The van der Waals surface area contributed by atoms with Crippen LogP contribution in [0.15, 0.2) is 29.2 Å². The number of nitrogens with one attached hydrogen (secondary N) is 1. The minimum Gasteiger partial charge on any atom is -0.274 e. The molecule has 3 nitrogen and oxygen atoms in total. The first-order chi connectivity index (χ1) is 5.92. The van der Waals surface area contributed by atoms with Gasteiger partial charge < -0.3 is 0 Å². The number of nitrogens with zero attached hydrogens (tertiary/aromatic N) is 1. The highest BCUT2D eigenvalue weighted by Crippen LogP contribution is 2.36. The summed E-state index contributed by atoms with van der Waals surface area (Å²) in [5.41, 5.74) is 3.55. The van der Waals surface area contributed by atoms with E-state index in [0.717, 1.165) is 11.6 Å². The van der Waals surface area contributed by atoms with Crippen LogP contribution in [-0.4, -0.2) is 12.3 Å². The van der Waals surface area contributed by atoms with E-state index in [1.807, 2.05) is 24.3 Å². The molecule has 1 aromatic rings. The fourth-order valence-corrected chi connectivity index (χ4v) is 2.13. The van der Waals surface area contributed by atoms with Gasteiger partial charge in [0, 0.05) is 4.90 Å². The third-order valence-electron chi connectivity index (χ3n) is 1.69. The van der Waals surface area contributed by atoms with Gasteiger partial charge >= 0.3 is 6.41 Å². The van der Waals surface area contributed by atoms with Gasteiger partial charge in [0.1, 0.15) is 0 Å². The summed E-state index contributed by atoms with van der Waals surface area (Å²) in [6.07, 6.45) is 1.66. The molecule has 0 saturated heterocycles. The lowest BCUT2D eigenvalue weighted by atomic mass is 10.3. The van der Waals surface area contributed by atoms with Gasteiger partial charge in [-0.25, -0.2) is 0 Å². The van der Waals surface area contributed by atoms with Gasteiger partial charge in [-0.05, 0) is 12.1 Å². The predicted molar refractivity (Wildman–Crippen MR) is 48.5 cm³/mol. The Morgan fingerprint density at radius 3 is 3.17 bits per heavy atom. The van der Waals surface area contributed by atoms with Crippen molar-refractivity contribution in [2.24, 2.45) is 0 Å². The van der Waals surface area contributed by atoms with Crippen molar-refractivity contribution in [3.63, 3.8) is 0 Å². The Hall–Kier alpha value is -1.16. The van der Waals surface area contributed by atoms with Crippen molar-refractivity contribution in [3.8, 4) is 0 Å². The second kappa shape index (κ2) is 3.06. The molecule has 1 radical (unpaired) electrons. The van der Waals surface area contributed by atoms with Crippen LogP contribution in [0.2, 0.25) is 0 Å². The molecule has 0 fully saturated rings. The van der Waals surface area contributed by atoms with E-state index in [9.17, 15) is 4.79 Å². The summed E-state index contributed by atoms with van der Waals surface area (Å²) in [4.78, 5) is 11.3. The van der Waals surface area contributed by atoms with Crippen molar-refractivity contribution < 1.29 is 4.79 Å². The molecule has 2 rings (SSSR count). The van der Waals surface area contributed by atoms with Gasteiger partial charge in [-0.1, -0.05) is 12.1 Å². The lowest BCUT2D eigenvalue weighted by Crippen LogP contribution is -2.34. The molecule has 0 spiro atoms. The fraction of sp³-hybridized carbons (Fsp3) is 0.125. The summed E-state index contributed by atoms with van der Waals surface area (Å²) in [5.74, 6) is 0.759. The Morgan fingerprint density at radius 1 is 1.50 bits per heavy atom. The van der Waals surface area contributed by atoms with Crippen molar-refractivity contribution in [2.45, 2.75) is 4.90 Å². The molecule has 1 amide bonds. The number of hydrogen-bond donors (Lipinski definition) is 1. The zero-order chi connectivity index (χ0) is 8.39. The normalized spacial score (nSPS) is 14.2. The van der Waals surface area contributed by atoms with Crippen molar-refractivity contribution in [1.82, 2.24) is 5.43 Å². The highest BCUT2D eigenvalue weighted by atomic mass is 32.2. The molecule has 61 valence electrons. The standard InChI is InChI=1S/C8H7N2OS/c11-5-9-10-6-12-8-4-2-1-3-7(8)10/h1-4H,6H2,(H,9,11). The van der Waals surface area contributed by atoms with Crippen molar-refractivity contribution in [1.29, 1.82) is 0 Å². The van der Waals surface area contributed by atoms with Crippen LogP contribution in [0.1, 0.15) is 0 Å².